The van der Waals surface area contributed by atoms with Crippen molar-refractivity contribution in [2.75, 3.05) is 6.54 Å². The molecule has 0 spiro atoms. The predicted octanol–water partition coefficient (Wildman–Crippen LogP) is 0.408. The van der Waals surface area contributed by atoms with Gasteiger partial charge in [0.2, 0.25) is 0 Å². The quantitative estimate of drug-likeness (QED) is 0.510. The molecule has 0 saturated carbocycles. The molecule has 0 aromatic heterocycles. The average Bonchev–Trinajstić information content (AvgIpc) is 2.43. The molecule has 0 fully saturated rings. The third-order valence-corrected chi connectivity index (χ3v) is 2.81. The number of nitrogens with two attached hydrogens (primary N) is 1. The Morgan fingerprint density at radius 1 is 1.55 bits per heavy atom. The van der Waals surface area contributed by atoms with Crippen LogP contribution in [0.5, 0.6) is 11.5 Å². The number of carbonyl (C=O) groups is 1. The van der Waals surface area contributed by atoms with E-state index < -0.39 is 22.0 Å². The van der Waals surface area contributed by atoms with E-state index in [9.17, 15) is 18.3 Å². The Bertz CT molecular complexity index is 735. The number of hydrogen-bond donors (Lipinski definition) is 3. The Balaban J connectivity index is 3.02. The first-order valence-electron chi connectivity index (χ1n) is 6.22. The lowest BCUT2D eigenvalue weighted by atomic mass is 10.1. The zero-order chi connectivity index (χ0) is 16.8. The van der Waals surface area contributed by atoms with Gasteiger partial charge in [-0.15, -0.1) is 0 Å². The highest BCUT2D eigenvalue weighted by atomic mass is 32.2. The average molecular weight is 325 g/mol. The van der Waals surface area contributed by atoms with Crippen molar-refractivity contribution in [3.8, 4) is 17.6 Å². The van der Waals surface area contributed by atoms with E-state index >= 15 is 0 Å². The van der Waals surface area contributed by atoms with Gasteiger partial charge in [0, 0.05) is 6.54 Å². The van der Waals surface area contributed by atoms with Crippen molar-refractivity contribution in [1.29, 1.82) is 5.26 Å². The van der Waals surface area contributed by atoms with Gasteiger partial charge in [0.25, 0.3) is 5.91 Å². The summed E-state index contributed by atoms with van der Waals surface area (Å²) in [7, 11) is -4.26. The van der Waals surface area contributed by atoms with E-state index in [4.69, 9.17) is 10.4 Å². The Kier molecular flexibility index (Phi) is 5.91. The first kappa shape index (κ1) is 17.5. The molecule has 118 valence electrons. The summed E-state index contributed by atoms with van der Waals surface area (Å²) < 4.78 is 25.9. The Morgan fingerprint density at radius 3 is 2.73 bits per heavy atom. The van der Waals surface area contributed by atoms with Crippen molar-refractivity contribution in [3.05, 3.63) is 29.3 Å². The first-order valence-corrected chi connectivity index (χ1v) is 7.69. The van der Waals surface area contributed by atoms with E-state index in [1.807, 2.05) is 6.92 Å². The van der Waals surface area contributed by atoms with Gasteiger partial charge in [0.15, 0.2) is 11.5 Å². The van der Waals surface area contributed by atoms with Gasteiger partial charge in [-0.05, 0) is 30.2 Å². The summed E-state index contributed by atoms with van der Waals surface area (Å²) >= 11 is 0. The lowest BCUT2D eigenvalue weighted by molar-refractivity contribution is -0.117. The number of benzene rings is 1. The normalized spacial score (nSPS) is 11.6. The molecule has 22 heavy (non-hydrogen) atoms. The molecule has 1 aromatic carbocycles. The van der Waals surface area contributed by atoms with Crippen molar-refractivity contribution in [3.63, 3.8) is 0 Å². The van der Waals surface area contributed by atoms with Crippen LogP contribution in [0.15, 0.2) is 23.8 Å². The largest absolute Gasteiger partial charge is 0.504 e. The molecule has 4 N–H and O–H groups in total. The summed E-state index contributed by atoms with van der Waals surface area (Å²) in [5.74, 6) is -1.38. The smallest absolute Gasteiger partial charge is 0.380 e. The van der Waals surface area contributed by atoms with Gasteiger partial charge < -0.3 is 14.6 Å². The number of phenolic OH excluding ortho intramolecular Hbond substituents is 1. The summed E-state index contributed by atoms with van der Waals surface area (Å²) in [6, 6.07) is 5.42. The number of nitrogens with one attached hydrogen (secondary N) is 1. The van der Waals surface area contributed by atoms with E-state index in [0.29, 0.717) is 12.1 Å². The van der Waals surface area contributed by atoms with Crippen molar-refractivity contribution >= 4 is 22.3 Å². The number of rotatable bonds is 6. The molecule has 1 amide bonds. The number of aromatic hydroxyl groups is 1. The molecular weight excluding hydrogens is 310 g/mol. The van der Waals surface area contributed by atoms with Crippen LogP contribution in [0.1, 0.15) is 18.9 Å². The number of nitriles is 1. The zero-order valence-electron chi connectivity index (χ0n) is 11.7. The number of amides is 1. The van der Waals surface area contributed by atoms with Crippen LogP contribution in [0.25, 0.3) is 6.08 Å². The molecule has 0 saturated heterocycles. The number of nitrogens with zero attached hydrogens (tertiary/aromatic N) is 1. The van der Waals surface area contributed by atoms with Gasteiger partial charge in [-0.3, -0.25) is 4.79 Å². The zero-order valence-corrected chi connectivity index (χ0v) is 12.6. The minimum Gasteiger partial charge on any atom is -0.504 e. The maximum Gasteiger partial charge on any atom is 0.380 e. The third kappa shape index (κ3) is 5.43. The minimum absolute atomic E-state index is 0.145. The van der Waals surface area contributed by atoms with Crippen LogP contribution in [0.2, 0.25) is 0 Å². The predicted molar refractivity (Wildman–Crippen MR) is 78.7 cm³/mol. The van der Waals surface area contributed by atoms with Crippen LogP contribution in [-0.2, 0) is 15.1 Å². The molecule has 1 aromatic rings. The number of hydrogen-bond acceptors (Lipinski definition) is 6. The van der Waals surface area contributed by atoms with Crippen LogP contribution in [0.3, 0.4) is 0 Å². The Labute approximate surface area is 128 Å². The second kappa shape index (κ2) is 7.44. The molecule has 1 rings (SSSR count). The van der Waals surface area contributed by atoms with Gasteiger partial charge in [-0.25, -0.2) is 0 Å². The summed E-state index contributed by atoms with van der Waals surface area (Å²) in [6.07, 6.45) is 1.98. The third-order valence-electron chi connectivity index (χ3n) is 2.40. The topological polar surface area (TPSA) is 143 Å². The molecule has 0 aliphatic rings. The molecule has 0 atom stereocenters. The molecule has 0 radical (unpaired) electrons. The standard InChI is InChI=1S/C13H15N3O5S/c1-2-5-16-13(18)10(8-14)6-9-3-4-12(11(17)7-9)21-22(15,19)20/h3-4,6-7,17H,2,5H2,1H3,(H,16,18)(H2,15,19,20). The van der Waals surface area contributed by atoms with Crippen LogP contribution in [0.4, 0.5) is 0 Å². The first-order chi connectivity index (χ1) is 10.3. The highest BCUT2D eigenvalue weighted by Gasteiger charge is 2.12. The molecule has 9 heteroatoms. The fourth-order valence-electron chi connectivity index (χ4n) is 1.47. The van der Waals surface area contributed by atoms with Crippen molar-refractivity contribution in [1.82, 2.24) is 5.32 Å². The molecule has 8 nitrogen and oxygen atoms in total. The van der Waals surface area contributed by atoms with Gasteiger partial charge in [-0.1, -0.05) is 13.0 Å². The maximum absolute atomic E-state index is 11.7. The van der Waals surface area contributed by atoms with Crippen molar-refractivity contribution in [2.24, 2.45) is 5.14 Å². The van der Waals surface area contributed by atoms with E-state index in [-0.39, 0.29) is 11.3 Å². The molecule has 0 unspecified atom stereocenters. The lowest BCUT2D eigenvalue weighted by Gasteiger charge is -2.06. The fraction of sp³-hybridized carbons (Fsp3) is 0.231. The molecular formula is C13H15N3O5S. The number of carbonyl (C=O) groups excluding carboxylic acids is 1. The van der Waals surface area contributed by atoms with E-state index in [2.05, 4.69) is 9.50 Å². The minimum atomic E-state index is -4.26. The van der Waals surface area contributed by atoms with Crippen LogP contribution in [0, 0.1) is 11.3 Å². The molecule has 0 heterocycles. The SMILES string of the molecule is CCCNC(=O)C(C#N)=Cc1ccc(OS(N)(=O)=O)c(O)c1. The molecule has 0 aliphatic heterocycles. The van der Waals surface area contributed by atoms with E-state index in [0.717, 1.165) is 18.6 Å². The lowest BCUT2D eigenvalue weighted by Crippen LogP contribution is -2.25. The van der Waals surface area contributed by atoms with Crippen LogP contribution < -0.4 is 14.6 Å². The van der Waals surface area contributed by atoms with Gasteiger partial charge in [0.1, 0.15) is 11.6 Å². The summed E-state index contributed by atoms with van der Waals surface area (Å²) in [6.45, 7) is 2.31. The number of phenols is 1. The highest BCUT2D eigenvalue weighted by Crippen LogP contribution is 2.28. The molecule has 0 bridgehead atoms. The van der Waals surface area contributed by atoms with Gasteiger partial charge in [-0.2, -0.15) is 18.8 Å². The Hall–Kier alpha value is -2.57. The summed E-state index contributed by atoms with van der Waals surface area (Å²) in [5.41, 5.74) is 0.176. The second-order valence-corrected chi connectivity index (χ2v) is 5.38. The van der Waals surface area contributed by atoms with E-state index in [1.54, 1.807) is 6.07 Å². The van der Waals surface area contributed by atoms with Gasteiger partial charge in [0.05, 0.1) is 0 Å². The van der Waals surface area contributed by atoms with E-state index in [1.165, 1.54) is 12.1 Å². The monoisotopic (exact) mass is 325 g/mol. The highest BCUT2D eigenvalue weighted by molar-refractivity contribution is 7.84. The van der Waals surface area contributed by atoms with Gasteiger partial charge >= 0.3 is 10.3 Å². The fourth-order valence-corrected chi connectivity index (χ4v) is 1.86. The Morgan fingerprint density at radius 2 is 2.23 bits per heavy atom. The maximum atomic E-state index is 11.7. The van der Waals surface area contributed by atoms with Crippen LogP contribution in [-0.4, -0.2) is 26.0 Å². The summed E-state index contributed by atoms with van der Waals surface area (Å²) in [5, 5.41) is 25.9. The molecule has 0 aliphatic carbocycles. The van der Waals surface area contributed by atoms with Crippen molar-refractivity contribution in [2.45, 2.75) is 13.3 Å². The van der Waals surface area contributed by atoms with Crippen molar-refractivity contribution < 1.29 is 22.5 Å². The second-order valence-electron chi connectivity index (χ2n) is 4.23. The summed E-state index contributed by atoms with van der Waals surface area (Å²) in [4.78, 5) is 11.7. The van der Waals surface area contributed by atoms with Crippen LogP contribution >= 0.6 is 0 Å².